The van der Waals surface area contributed by atoms with Crippen molar-refractivity contribution >= 4 is 17.6 Å². The van der Waals surface area contributed by atoms with Gasteiger partial charge in [0.05, 0.1) is 7.11 Å². The Morgan fingerprint density at radius 3 is 2.44 bits per heavy atom. The van der Waals surface area contributed by atoms with Gasteiger partial charge in [0, 0.05) is 11.6 Å². The second kappa shape index (κ2) is 5.18. The summed E-state index contributed by atoms with van der Waals surface area (Å²) in [7, 11) is 1.22. The van der Waals surface area contributed by atoms with E-state index in [4.69, 9.17) is 0 Å². The number of rotatable bonds is 4. The van der Waals surface area contributed by atoms with Crippen LogP contribution in [0, 0.1) is 5.92 Å². The van der Waals surface area contributed by atoms with E-state index in [0.717, 1.165) is 12.8 Å². The summed E-state index contributed by atoms with van der Waals surface area (Å²) in [6, 6.07) is 6.48. The molecular formula is C13H15NO4. The van der Waals surface area contributed by atoms with Gasteiger partial charge in [-0.1, -0.05) is 12.1 Å². The number of ether oxygens (including phenoxy) is 1. The van der Waals surface area contributed by atoms with Gasteiger partial charge in [-0.25, -0.2) is 4.79 Å². The summed E-state index contributed by atoms with van der Waals surface area (Å²) in [6.07, 6.45) is 0.610. The molecule has 1 fully saturated rings. The first kappa shape index (κ1) is 12.6. The third kappa shape index (κ3) is 2.87. The summed E-state index contributed by atoms with van der Waals surface area (Å²) in [6.45, 7) is 0. The van der Waals surface area contributed by atoms with E-state index < -0.39 is 12.1 Å². The van der Waals surface area contributed by atoms with Gasteiger partial charge in [-0.3, -0.25) is 4.79 Å². The highest BCUT2D eigenvalue weighted by atomic mass is 16.5. The number of benzene rings is 1. The predicted molar refractivity (Wildman–Crippen MR) is 64.8 cm³/mol. The number of hydrogen-bond donors (Lipinski definition) is 2. The summed E-state index contributed by atoms with van der Waals surface area (Å²) in [4.78, 5) is 22.6. The minimum absolute atomic E-state index is 0.0243. The van der Waals surface area contributed by atoms with Gasteiger partial charge in [0.15, 0.2) is 6.10 Å². The van der Waals surface area contributed by atoms with Crippen LogP contribution in [0.1, 0.15) is 24.5 Å². The molecule has 1 atom stereocenters. The molecule has 2 rings (SSSR count). The van der Waals surface area contributed by atoms with Crippen molar-refractivity contribution in [3.63, 3.8) is 0 Å². The number of esters is 1. The van der Waals surface area contributed by atoms with Crippen molar-refractivity contribution in [1.29, 1.82) is 0 Å². The monoisotopic (exact) mass is 249 g/mol. The Bertz CT molecular complexity index is 451. The quantitative estimate of drug-likeness (QED) is 0.787. The number of aliphatic hydroxyl groups is 1. The molecule has 0 aliphatic heterocycles. The molecule has 0 saturated heterocycles. The lowest BCUT2D eigenvalue weighted by Gasteiger charge is -2.09. The molecule has 0 radical (unpaired) electrons. The first-order valence-corrected chi connectivity index (χ1v) is 5.78. The van der Waals surface area contributed by atoms with Crippen molar-refractivity contribution in [3.8, 4) is 0 Å². The zero-order valence-corrected chi connectivity index (χ0v) is 10.1. The average molecular weight is 249 g/mol. The van der Waals surface area contributed by atoms with Crippen LogP contribution in [0.25, 0.3) is 0 Å². The number of aliphatic hydroxyl groups excluding tert-OH is 1. The van der Waals surface area contributed by atoms with Crippen LogP contribution in [0.5, 0.6) is 0 Å². The lowest BCUT2D eigenvalue weighted by molar-refractivity contribution is -0.150. The molecule has 0 bridgehead atoms. The molecular weight excluding hydrogens is 234 g/mol. The van der Waals surface area contributed by atoms with E-state index in [1.807, 2.05) is 0 Å². The molecule has 5 heteroatoms. The molecule has 96 valence electrons. The Kier molecular flexibility index (Phi) is 3.62. The van der Waals surface area contributed by atoms with E-state index in [0.29, 0.717) is 11.3 Å². The number of nitrogens with one attached hydrogen (secondary N) is 1. The van der Waals surface area contributed by atoms with Crippen molar-refractivity contribution < 1.29 is 19.4 Å². The topological polar surface area (TPSA) is 75.6 Å². The Balaban J connectivity index is 2.00. The zero-order chi connectivity index (χ0) is 13.1. The molecule has 2 N–H and O–H groups in total. The first-order valence-electron chi connectivity index (χ1n) is 5.78. The molecule has 1 amide bonds. The van der Waals surface area contributed by atoms with Crippen LogP contribution in [-0.4, -0.2) is 24.1 Å². The van der Waals surface area contributed by atoms with Gasteiger partial charge >= 0.3 is 5.97 Å². The summed E-state index contributed by atoms with van der Waals surface area (Å²) in [5.41, 5.74) is 1.10. The van der Waals surface area contributed by atoms with E-state index in [2.05, 4.69) is 10.1 Å². The molecule has 1 aliphatic rings. The molecule has 1 aromatic carbocycles. The Morgan fingerprint density at radius 1 is 1.33 bits per heavy atom. The van der Waals surface area contributed by atoms with Crippen LogP contribution in [0.15, 0.2) is 24.3 Å². The lowest BCUT2D eigenvalue weighted by Crippen LogP contribution is -2.15. The van der Waals surface area contributed by atoms with Crippen molar-refractivity contribution in [2.45, 2.75) is 18.9 Å². The second-order valence-electron chi connectivity index (χ2n) is 4.31. The van der Waals surface area contributed by atoms with Gasteiger partial charge < -0.3 is 15.2 Å². The first-order chi connectivity index (χ1) is 8.61. The molecule has 18 heavy (non-hydrogen) atoms. The number of carbonyl (C=O) groups excluding carboxylic acids is 2. The molecule has 1 aromatic rings. The fourth-order valence-corrected chi connectivity index (χ4v) is 1.59. The van der Waals surface area contributed by atoms with Gasteiger partial charge in [0.1, 0.15) is 0 Å². The number of anilines is 1. The second-order valence-corrected chi connectivity index (χ2v) is 4.31. The van der Waals surface area contributed by atoms with Crippen molar-refractivity contribution in [1.82, 2.24) is 0 Å². The summed E-state index contributed by atoms with van der Waals surface area (Å²) in [5.74, 6) is -0.536. The minimum atomic E-state index is -1.29. The molecule has 1 aliphatic carbocycles. The van der Waals surface area contributed by atoms with Crippen LogP contribution in [-0.2, 0) is 14.3 Å². The average Bonchev–Trinajstić information content (AvgIpc) is 3.22. The van der Waals surface area contributed by atoms with Crippen LogP contribution < -0.4 is 5.32 Å². The Morgan fingerprint density at radius 2 is 1.94 bits per heavy atom. The minimum Gasteiger partial charge on any atom is -0.467 e. The van der Waals surface area contributed by atoms with E-state index in [9.17, 15) is 14.7 Å². The van der Waals surface area contributed by atoms with Gasteiger partial charge in [-0.2, -0.15) is 0 Å². The van der Waals surface area contributed by atoms with Crippen LogP contribution >= 0.6 is 0 Å². The van der Waals surface area contributed by atoms with Crippen molar-refractivity contribution in [2.24, 2.45) is 5.92 Å². The van der Waals surface area contributed by atoms with Gasteiger partial charge in [0.2, 0.25) is 5.91 Å². The number of methoxy groups -OCH3 is 1. The third-order valence-corrected chi connectivity index (χ3v) is 2.87. The summed E-state index contributed by atoms with van der Waals surface area (Å²) < 4.78 is 4.44. The van der Waals surface area contributed by atoms with Crippen LogP contribution in [0.3, 0.4) is 0 Å². The maximum absolute atomic E-state index is 11.5. The highest BCUT2D eigenvalue weighted by Gasteiger charge is 2.29. The smallest absolute Gasteiger partial charge is 0.339 e. The Hall–Kier alpha value is -1.88. The SMILES string of the molecule is COC(=O)C(O)c1ccc(NC(=O)C2CC2)cc1. The standard InChI is InChI=1S/C13H15NO4/c1-18-13(17)11(15)8-4-6-10(7-5-8)14-12(16)9-2-3-9/h4-7,9,11,15H,2-3H2,1H3,(H,14,16). The van der Waals surface area contributed by atoms with E-state index in [-0.39, 0.29) is 11.8 Å². The molecule has 5 nitrogen and oxygen atoms in total. The number of carbonyl (C=O) groups is 2. The molecule has 0 spiro atoms. The maximum Gasteiger partial charge on any atom is 0.339 e. The molecule has 0 aromatic heterocycles. The van der Waals surface area contributed by atoms with E-state index in [1.54, 1.807) is 24.3 Å². The number of amides is 1. The summed E-state index contributed by atoms with van der Waals surface area (Å²) in [5, 5.41) is 12.4. The fraction of sp³-hybridized carbons (Fsp3) is 0.385. The lowest BCUT2D eigenvalue weighted by atomic mass is 10.1. The molecule has 1 unspecified atom stereocenters. The normalized spacial score (nSPS) is 15.9. The van der Waals surface area contributed by atoms with Crippen molar-refractivity contribution in [2.75, 3.05) is 12.4 Å². The van der Waals surface area contributed by atoms with Crippen LogP contribution in [0.4, 0.5) is 5.69 Å². The van der Waals surface area contributed by atoms with E-state index >= 15 is 0 Å². The highest BCUT2D eigenvalue weighted by Crippen LogP contribution is 2.30. The fourth-order valence-electron chi connectivity index (χ4n) is 1.59. The number of hydrogen-bond acceptors (Lipinski definition) is 4. The van der Waals surface area contributed by atoms with Crippen LogP contribution in [0.2, 0.25) is 0 Å². The predicted octanol–water partition coefficient (Wildman–Crippen LogP) is 1.24. The van der Waals surface area contributed by atoms with Gasteiger partial charge in [-0.05, 0) is 30.5 Å². The third-order valence-electron chi connectivity index (χ3n) is 2.87. The highest BCUT2D eigenvalue weighted by molar-refractivity contribution is 5.94. The maximum atomic E-state index is 11.5. The van der Waals surface area contributed by atoms with E-state index in [1.165, 1.54) is 7.11 Å². The zero-order valence-electron chi connectivity index (χ0n) is 10.1. The van der Waals surface area contributed by atoms with Gasteiger partial charge in [0.25, 0.3) is 0 Å². The summed E-state index contributed by atoms with van der Waals surface area (Å²) >= 11 is 0. The molecule has 1 saturated carbocycles. The Labute approximate surface area is 105 Å². The molecule has 0 heterocycles. The van der Waals surface area contributed by atoms with Gasteiger partial charge in [-0.15, -0.1) is 0 Å². The largest absolute Gasteiger partial charge is 0.467 e. The van der Waals surface area contributed by atoms with Crippen molar-refractivity contribution in [3.05, 3.63) is 29.8 Å².